The first-order valence-corrected chi connectivity index (χ1v) is 6.48. The fraction of sp³-hybridized carbons (Fsp3) is 0.385. The largest absolute Gasteiger partial charge is 0.480 e. The van der Waals surface area contributed by atoms with Gasteiger partial charge in [-0.05, 0) is 18.2 Å². The number of aliphatic carboxylic acids is 1. The highest BCUT2D eigenvalue weighted by atomic mass is 35.5. The third-order valence-corrected chi connectivity index (χ3v) is 2.83. The summed E-state index contributed by atoms with van der Waals surface area (Å²) in [5.41, 5.74) is 0.341. The Bertz CT molecular complexity index is 513. The van der Waals surface area contributed by atoms with Gasteiger partial charge in [-0.3, -0.25) is 14.5 Å². The number of hydrogen-bond acceptors (Lipinski definition) is 4. The molecule has 0 aliphatic heterocycles. The first-order valence-electron chi connectivity index (χ1n) is 6.10. The van der Waals surface area contributed by atoms with Gasteiger partial charge in [0.1, 0.15) is 5.82 Å². The van der Waals surface area contributed by atoms with E-state index in [1.807, 2.05) is 0 Å². The Morgan fingerprint density at radius 1 is 1.43 bits per heavy atom. The van der Waals surface area contributed by atoms with Gasteiger partial charge in [0.2, 0.25) is 5.91 Å². The lowest BCUT2D eigenvalue weighted by atomic mass is 10.3. The highest BCUT2D eigenvalue weighted by Crippen LogP contribution is 2.19. The number of ether oxygens (including phenoxy) is 1. The fourth-order valence-electron chi connectivity index (χ4n) is 1.60. The number of methoxy groups -OCH3 is 1. The van der Waals surface area contributed by atoms with Crippen LogP contribution in [0.15, 0.2) is 18.2 Å². The smallest absolute Gasteiger partial charge is 0.317 e. The minimum atomic E-state index is -1.04. The van der Waals surface area contributed by atoms with Gasteiger partial charge in [0.05, 0.1) is 24.7 Å². The summed E-state index contributed by atoms with van der Waals surface area (Å²) < 4.78 is 17.9. The molecule has 1 aromatic rings. The van der Waals surface area contributed by atoms with E-state index >= 15 is 0 Å². The van der Waals surface area contributed by atoms with Crippen molar-refractivity contribution in [1.82, 2.24) is 4.90 Å². The molecule has 0 fully saturated rings. The molecule has 8 heteroatoms. The van der Waals surface area contributed by atoms with Crippen molar-refractivity contribution in [3.63, 3.8) is 0 Å². The van der Waals surface area contributed by atoms with Gasteiger partial charge in [0, 0.05) is 19.3 Å². The van der Waals surface area contributed by atoms with Crippen LogP contribution in [0.25, 0.3) is 0 Å². The second kappa shape index (κ2) is 8.56. The molecule has 0 heterocycles. The van der Waals surface area contributed by atoms with Crippen LogP contribution < -0.4 is 5.32 Å². The van der Waals surface area contributed by atoms with Gasteiger partial charge in [-0.15, -0.1) is 0 Å². The van der Waals surface area contributed by atoms with Crippen molar-refractivity contribution in [2.45, 2.75) is 0 Å². The van der Waals surface area contributed by atoms with Crippen molar-refractivity contribution >= 4 is 29.2 Å². The number of rotatable bonds is 8. The van der Waals surface area contributed by atoms with Crippen molar-refractivity contribution < 1.29 is 23.8 Å². The fourth-order valence-corrected chi connectivity index (χ4v) is 1.78. The predicted octanol–water partition coefficient (Wildman–Crippen LogP) is 1.45. The maximum absolute atomic E-state index is 13.0. The van der Waals surface area contributed by atoms with Gasteiger partial charge in [0.15, 0.2) is 0 Å². The number of carbonyl (C=O) groups is 2. The summed E-state index contributed by atoms with van der Waals surface area (Å²) in [6, 6.07) is 3.79. The molecule has 2 N–H and O–H groups in total. The van der Waals surface area contributed by atoms with Gasteiger partial charge in [-0.25, -0.2) is 4.39 Å². The summed E-state index contributed by atoms with van der Waals surface area (Å²) >= 11 is 5.61. The van der Waals surface area contributed by atoms with E-state index in [9.17, 15) is 14.0 Å². The molecule has 1 rings (SSSR count). The van der Waals surface area contributed by atoms with E-state index in [4.69, 9.17) is 21.4 Å². The molecule has 0 aromatic heterocycles. The maximum atomic E-state index is 13.0. The molecule has 0 saturated carbocycles. The molecule has 0 bridgehead atoms. The third-order valence-electron chi connectivity index (χ3n) is 2.54. The quantitative estimate of drug-likeness (QED) is 0.758. The zero-order valence-corrected chi connectivity index (χ0v) is 12.2. The minimum absolute atomic E-state index is 0.102. The summed E-state index contributed by atoms with van der Waals surface area (Å²) in [5.74, 6) is -2.04. The van der Waals surface area contributed by atoms with Gasteiger partial charge in [-0.2, -0.15) is 0 Å². The number of nitrogens with one attached hydrogen (secondary N) is 1. The number of benzene rings is 1. The summed E-state index contributed by atoms with van der Waals surface area (Å²) in [6.07, 6.45) is 0. The average Bonchev–Trinajstić information content (AvgIpc) is 2.39. The van der Waals surface area contributed by atoms with Gasteiger partial charge in [-0.1, -0.05) is 11.6 Å². The molecule has 1 amide bonds. The number of halogens is 2. The topological polar surface area (TPSA) is 78.9 Å². The zero-order chi connectivity index (χ0) is 15.8. The molecule has 0 unspecified atom stereocenters. The van der Waals surface area contributed by atoms with Gasteiger partial charge >= 0.3 is 5.97 Å². The van der Waals surface area contributed by atoms with Crippen LogP contribution in [0, 0.1) is 5.82 Å². The van der Waals surface area contributed by atoms with Gasteiger partial charge < -0.3 is 15.2 Å². The Morgan fingerprint density at radius 3 is 2.71 bits per heavy atom. The molecule has 0 aliphatic carbocycles. The monoisotopic (exact) mass is 318 g/mol. The molecular weight excluding hydrogens is 303 g/mol. The molecule has 0 aliphatic rings. The number of carboxylic acids is 1. The first kappa shape index (κ1) is 17.4. The lowest BCUT2D eigenvalue weighted by Gasteiger charge is -2.19. The molecule has 0 atom stereocenters. The molecule has 0 saturated heterocycles. The number of hydrogen-bond donors (Lipinski definition) is 2. The number of carbonyl (C=O) groups excluding carboxylic acids is 1. The van der Waals surface area contributed by atoms with Crippen molar-refractivity contribution in [3.05, 3.63) is 29.0 Å². The standard InChI is InChI=1S/C13H16ClFN2O4/c1-21-5-4-17(8-13(19)20)7-12(18)16-9-2-3-11(15)10(14)6-9/h2-3,6H,4-5,7-8H2,1H3,(H,16,18)(H,19,20). The molecule has 6 nitrogen and oxygen atoms in total. The highest BCUT2D eigenvalue weighted by molar-refractivity contribution is 6.31. The van der Waals surface area contributed by atoms with E-state index in [0.29, 0.717) is 18.8 Å². The Labute approximate surface area is 126 Å². The minimum Gasteiger partial charge on any atom is -0.480 e. The highest BCUT2D eigenvalue weighted by Gasteiger charge is 2.14. The molecular formula is C13H16ClFN2O4. The second-order valence-electron chi connectivity index (χ2n) is 4.27. The van der Waals surface area contributed by atoms with Crippen molar-refractivity contribution in [3.8, 4) is 0 Å². The van der Waals surface area contributed by atoms with Crippen LogP contribution in [0.5, 0.6) is 0 Å². The van der Waals surface area contributed by atoms with Crippen LogP contribution in [0.4, 0.5) is 10.1 Å². The van der Waals surface area contributed by atoms with E-state index in [-0.39, 0.29) is 18.1 Å². The first-order chi connectivity index (χ1) is 9.92. The lowest BCUT2D eigenvalue weighted by molar-refractivity contribution is -0.138. The normalized spacial score (nSPS) is 10.7. The molecule has 1 aromatic carbocycles. The van der Waals surface area contributed by atoms with Crippen molar-refractivity contribution in [1.29, 1.82) is 0 Å². The van der Waals surface area contributed by atoms with Crippen molar-refractivity contribution in [2.75, 3.05) is 38.7 Å². The summed E-state index contributed by atoms with van der Waals surface area (Å²) in [5, 5.41) is 11.2. The van der Waals surface area contributed by atoms with E-state index in [1.165, 1.54) is 24.1 Å². The van der Waals surface area contributed by atoms with Crippen LogP contribution in [0.1, 0.15) is 0 Å². The zero-order valence-electron chi connectivity index (χ0n) is 11.4. The summed E-state index contributed by atoms with van der Waals surface area (Å²) in [6.45, 7) is 0.217. The van der Waals surface area contributed by atoms with Crippen LogP contribution in [0.3, 0.4) is 0 Å². The Balaban J connectivity index is 2.59. The SMILES string of the molecule is COCCN(CC(=O)O)CC(=O)Nc1ccc(F)c(Cl)c1. The van der Waals surface area contributed by atoms with Crippen LogP contribution >= 0.6 is 11.6 Å². The Morgan fingerprint density at radius 2 is 2.14 bits per heavy atom. The number of carboxylic acid groups (broad SMARTS) is 1. The number of nitrogens with zero attached hydrogens (tertiary/aromatic N) is 1. The van der Waals surface area contributed by atoms with E-state index in [1.54, 1.807) is 0 Å². The van der Waals surface area contributed by atoms with Gasteiger partial charge in [0.25, 0.3) is 0 Å². The molecule has 21 heavy (non-hydrogen) atoms. The maximum Gasteiger partial charge on any atom is 0.317 e. The van der Waals surface area contributed by atoms with Crippen LogP contribution in [0.2, 0.25) is 5.02 Å². The van der Waals surface area contributed by atoms with E-state index in [0.717, 1.165) is 6.07 Å². The summed E-state index contributed by atoms with van der Waals surface area (Å²) in [4.78, 5) is 24.0. The average molecular weight is 319 g/mol. The second-order valence-corrected chi connectivity index (χ2v) is 4.68. The Kier molecular flexibility index (Phi) is 7.07. The molecule has 116 valence electrons. The van der Waals surface area contributed by atoms with Crippen molar-refractivity contribution in [2.24, 2.45) is 0 Å². The number of amides is 1. The third kappa shape index (κ3) is 6.52. The predicted molar refractivity (Wildman–Crippen MR) is 76.0 cm³/mol. The van der Waals surface area contributed by atoms with E-state index < -0.39 is 17.7 Å². The lowest BCUT2D eigenvalue weighted by Crippen LogP contribution is -2.38. The molecule has 0 spiro atoms. The van der Waals surface area contributed by atoms with Crippen LogP contribution in [-0.2, 0) is 14.3 Å². The summed E-state index contributed by atoms with van der Waals surface area (Å²) in [7, 11) is 1.49. The molecule has 0 radical (unpaired) electrons. The number of anilines is 1. The van der Waals surface area contributed by atoms with E-state index in [2.05, 4.69) is 5.32 Å². The Hall–Kier alpha value is -1.70. The van der Waals surface area contributed by atoms with Crippen LogP contribution in [-0.4, -0.2) is 55.2 Å².